The quantitative estimate of drug-likeness (QED) is 0.726. The molecule has 4 unspecified atom stereocenters. The highest BCUT2D eigenvalue weighted by atomic mass is 15.0. The van der Waals surface area contributed by atoms with Crippen LogP contribution in [0.15, 0.2) is 54.6 Å². The third kappa shape index (κ3) is 1.20. The Hall–Kier alpha value is -1.60. The van der Waals surface area contributed by atoms with Crippen molar-refractivity contribution in [1.82, 2.24) is 5.32 Å². The lowest BCUT2D eigenvalue weighted by Gasteiger charge is -2.34. The van der Waals surface area contributed by atoms with Gasteiger partial charge in [0.2, 0.25) is 0 Å². The lowest BCUT2D eigenvalue weighted by atomic mass is 9.68. The molecular formula is C17H17N. The summed E-state index contributed by atoms with van der Waals surface area (Å²) in [7, 11) is 0. The molecule has 1 aromatic carbocycles. The normalized spacial score (nSPS) is 39.3. The molecule has 1 aromatic rings. The van der Waals surface area contributed by atoms with Crippen LogP contribution in [0, 0.1) is 11.3 Å². The van der Waals surface area contributed by atoms with E-state index in [2.05, 4.69) is 73.0 Å². The largest absolute Gasteiger partial charge is 0.302 e. The molecule has 1 N–H and O–H groups in total. The number of benzene rings is 1. The summed E-state index contributed by atoms with van der Waals surface area (Å²) in [6.45, 7) is 2.37. The van der Waals surface area contributed by atoms with E-state index in [1.165, 1.54) is 11.1 Å². The van der Waals surface area contributed by atoms with Crippen molar-refractivity contribution in [2.24, 2.45) is 11.3 Å². The smallest absolute Gasteiger partial charge is 0.0403 e. The van der Waals surface area contributed by atoms with Crippen molar-refractivity contribution >= 4 is 6.08 Å². The van der Waals surface area contributed by atoms with E-state index in [1.807, 2.05) is 0 Å². The van der Waals surface area contributed by atoms with Crippen molar-refractivity contribution in [2.75, 3.05) is 0 Å². The van der Waals surface area contributed by atoms with Gasteiger partial charge in [0, 0.05) is 23.4 Å². The molecule has 1 nitrogen and oxygen atoms in total. The Kier molecular flexibility index (Phi) is 1.98. The van der Waals surface area contributed by atoms with Gasteiger partial charge in [0.1, 0.15) is 0 Å². The summed E-state index contributed by atoms with van der Waals surface area (Å²) in [5.41, 5.74) is 3.02. The van der Waals surface area contributed by atoms with Crippen molar-refractivity contribution in [1.29, 1.82) is 0 Å². The summed E-state index contributed by atoms with van der Waals surface area (Å²) in [6.07, 6.45) is 13.7. The zero-order valence-corrected chi connectivity index (χ0v) is 10.5. The highest BCUT2D eigenvalue weighted by molar-refractivity contribution is 5.60. The molecule has 0 aromatic heterocycles. The standard InChI is InChI=1S/C17H17N/c1-17-11-5-4-8-15(17)18-16-13-7-3-2-6-12(13)9-10-14(16)17/h2-11,14-16,18H,1H3. The topological polar surface area (TPSA) is 12.0 Å². The van der Waals surface area contributed by atoms with Crippen LogP contribution in [-0.4, -0.2) is 6.04 Å². The molecule has 90 valence electrons. The predicted octanol–water partition coefficient (Wildman–Crippen LogP) is 3.47. The monoisotopic (exact) mass is 235 g/mol. The molecule has 1 fully saturated rings. The van der Waals surface area contributed by atoms with Crippen molar-refractivity contribution in [3.63, 3.8) is 0 Å². The van der Waals surface area contributed by atoms with E-state index in [0.29, 0.717) is 18.0 Å². The maximum Gasteiger partial charge on any atom is 0.0403 e. The fraction of sp³-hybridized carbons (Fsp3) is 0.294. The van der Waals surface area contributed by atoms with E-state index < -0.39 is 0 Å². The highest BCUT2D eigenvalue weighted by Gasteiger charge is 2.50. The minimum absolute atomic E-state index is 0.212. The lowest BCUT2D eigenvalue weighted by molar-refractivity contribution is 0.334. The maximum atomic E-state index is 3.80. The molecule has 1 heteroatoms. The van der Waals surface area contributed by atoms with E-state index in [-0.39, 0.29) is 5.41 Å². The van der Waals surface area contributed by atoms with Gasteiger partial charge in [0.15, 0.2) is 0 Å². The van der Waals surface area contributed by atoms with Crippen LogP contribution in [0.4, 0.5) is 0 Å². The van der Waals surface area contributed by atoms with Crippen LogP contribution < -0.4 is 5.32 Å². The first-order valence-electron chi connectivity index (χ1n) is 6.68. The molecule has 3 aliphatic rings. The molecular weight excluding hydrogens is 218 g/mol. The maximum absolute atomic E-state index is 3.80. The van der Waals surface area contributed by atoms with Crippen LogP contribution in [0.25, 0.3) is 6.08 Å². The van der Waals surface area contributed by atoms with Gasteiger partial charge in [-0.15, -0.1) is 0 Å². The van der Waals surface area contributed by atoms with E-state index in [4.69, 9.17) is 0 Å². The number of hydrogen-bond acceptors (Lipinski definition) is 1. The van der Waals surface area contributed by atoms with Crippen LogP contribution in [0.1, 0.15) is 24.1 Å². The van der Waals surface area contributed by atoms with Gasteiger partial charge >= 0.3 is 0 Å². The fourth-order valence-electron chi connectivity index (χ4n) is 3.71. The summed E-state index contributed by atoms with van der Waals surface area (Å²) in [5.74, 6) is 0.554. The van der Waals surface area contributed by atoms with Crippen molar-refractivity contribution < 1.29 is 0 Å². The first-order chi connectivity index (χ1) is 8.79. The summed E-state index contributed by atoms with van der Waals surface area (Å²) < 4.78 is 0. The summed E-state index contributed by atoms with van der Waals surface area (Å²) in [6, 6.07) is 9.64. The summed E-state index contributed by atoms with van der Waals surface area (Å²) in [4.78, 5) is 0. The fourth-order valence-corrected chi connectivity index (χ4v) is 3.71. The summed E-state index contributed by atoms with van der Waals surface area (Å²) in [5, 5.41) is 3.80. The Morgan fingerprint density at radius 3 is 2.94 bits per heavy atom. The molecule has 4 atom stereocenters. The molecule has 2 aliphatic carbocycles. The molecule has 1 saturated heterocycles. The van der Waals surface area contributed by atoms with Gasteiger partial charge in [0.05, 0.1) is 0 Å². The number of fused-ring (bicyclic) bond motifs is 5. The second-order valence-corrected chi connectivity index (χ2v) is 5.75. The van der Waals surface area contributed by atoms with Crippen molar-refractivity contribution in [3.05, 3.63) is 65.8 Å². The number of allylic oxidation sites excluding steroid dienone is 2. The van der Waals surface area contributed by atoms with Crippen LogP contribution in [0.3, 0.4) is 0 Å². The zero-order chi connectivity index (χ0) is 12.2. The Balaban J connectivity index is 1.85. The molecule has 18 heavy (non-hydrogen) atoms. The number of rotatable bonds is 0. The lowest BCUT2D eigenvalue weighted by Crippen LogP contribution is -2.34. The van der Waals surface area contributed by atoms with Gasteiger partial charge in [-0.2, -0.15) is 0 Å². The van der Waals surface area contributed by atoms with Gasteiger partial charge in [-0.3, -0.25) is 0 Å². The highest BCUT2D eigenvalue weighted by Crippen LogP contribution is 2.51. The van der Waals surface area contributed by atoms with Crippen LogP contribution in [-0.2, 0) is 0 Å². The zero-order valence-electron chi connectivity index (χ0n) is 10.5. The van der Waals surface area contributed by atoms with Crippen molar-refractivity contribution in [2.45, 2.75) is 19.0 Å². The van der Waals surface area contributed by atoms with E-state index in [1.54, 1.807) is 0 Å². The Morgan fingerprint density at radius 1 is 1.11 bits per heavy atom. The Morgan fingerprint density at radius 2 is 2.00 bits per heavy atom. The Bertz CT molecular complexity index is 581. The average molecular weight is 235 g/mol. The van der Waals surface area contributed by atoms with Gasteiger partial charge in [0.25, 0.3) is 0 Å². The molecule has 0 bridgehead atoms. The molecule has 1 heterocycles. The molecule has 0 amide bonds. The molecule has 0 spiro atoms. The van der Waals surface area contributed by atoms with Crippen LogP contribution >= 0.6 is 0 Å². The molecule has 4 rings (SSSR count). The SMILES string of the molecule is CC12C=CC=CC1NC1c3ccccc3C=CC12. The predicted molar refractivity (Wildman–Crippen MR) is 75.0 cm³/mol. The third-order valence-electron chi connectivity index (χ3n) is 4.79. The average Bonchev–Trinajstić information content (AvgIpc) is 2.72. The van der Waals surface area contributed by atoms with E-state index in [0.717, 1.165) is 0 Å². The van der Waals surface area contributed by atoms with E-state index in [9.17, 15) is 0 Å². The second kappa shape index (κ2) is 3.46. The number of nitrogens with one attached hydrogen (secondary N) is 1. The van der Waals surface area contributed by atoms with Crippen molar-refractivity contribution in [3.8, 4) is 0 Å². The first kappa shape index (κ1) is 10.3. The van der Waals surface area contributed by atoms with Gasteiger partial charge in [-0.25, -0.2) is 0 Å². The van der Waals surface area contributed by atoms with Gasteiger partial charge in [-0.05, 0) is 11.1 Å². The molecule has 1 aliphatic heterocycles. The molecule has 0 radical (unpaired) electrons. The molecule has 0 saturated carbocycles. The van der Waals surface area contributed by atoms with Crippen LogP contribution in [0.5, 0.6) is 0 Å². The minimum Gasteiger partial charge on any atom is -0.302 e. The van der Waals surface area contributed by atoms with Gasteiger partial charge in [-0.1, -0.05) is 67.6 Å². The second-order valence-electron chi connectivity index (χ2n) is 5.75. The first-order valence-corrected chi connectivity index (χ1v) is 6.68. The minimum atomic E-state index is 0.212. The number of hydrogen-bond donors (Lipinski definition) is 1. The Labute approximate surface area is 108 Å². The summed E-state index contributed by atoms with van der Waals surface area (Å²) >= 11 is 0. The van der Waals surface area contributed by atoms with Gasteiger partial charge < -0.3 is 5.32 Å². The third-order valence-corrected chi connectivity index (χ3v) is 4.79. The van der Waals surface area contributed by atoms with E-state index >= 15 is 0 Å². The van der Waals surface area contributed by atoms with Crippen LogP contribution in [0.2, 0.25) is 0 Å².